The molecule has 0 spiro atoms. The van der Waals surface area contributed by atoms with Crippen molar-refractivity contribution in [1.29, 1.82) is 0 Å². The minimum absolute atomic E-state index is 0.121. The van der Waals surface area contributed by atoms with Crippen molar-refractivity contribution in [2.45, 2.75) is 31.9 Å². The number of rotatable bonds is 3. The molecule has 1 aromatic heterocycles. The maximum absolute atomic E-state index is 12.3. The molecule has 2 heterocycles. The zero-order valence-electron chi connectivity index (χ0n) is 9.74. The number of aromatic nitrogens is 2. The van der Waals surface area contributed by atoms with Gasteiger partial charge in [-0.15, -0.1) is 10.2 Å². The van der Waals surface area contributed by atoms with E-state index in [0.29, 0.717) is 24.5 Å². The molecule has 1 aromatic rings. The van der Waals surface area contributed by atoms with Crippen LogP contribution in [0.15, 0.2) is 0 Å². The van der Waals surface area contributed by atoms with Gasteiger partial charge in [0.05, 0.1) is 6.61 Å². The number of hydrogen-bond donors (Lipinski definition) is 1. The van der Waals surface area contributed by atoms with E-state index in [0.717, 1.165) is 0 Å². The van der Waals surface area contributed by atoms with E-state index in [9.17, 15) is 13.2 Å². The summed E-state index contributed by atoms with van der Waals surface area (Å²) >= 11 is 0.468. The highest BCUT2D eigenvalue weighted by atomic mass is 32.1. The molecule has 2 rings (SSSR count). The standard InChI is InChI=1S/C9H12F3N3O2S/c1-8(2)16-4-5(17-8)3-13-7-15-14-6(18-7)9(10,11)12/h5H,3-4H2,1-2H3,(H,13,15). The van der Waals surface area contributed by atoms with Crippen molar-refractivity contribution in [1.82, 2.24) is 10.2 Å². The molecule has 0 aliphatic carbocycles. The molecule has 0 aromatic carbocycles. The van der Waals surface area contributed by atoms with Gasteiger partial charge in [0.25, 0.3) is 0 Å². The van der Waals surface area contributed by atoms with Gasteiger partial charge in [-0.05, 0) is 13.8 Å². The summed E-state index contributed by atoms with van der Waals surface area (Å²) < 4.78 is 47.7. The Hall–Kier alpha value is -0.930. The molecule has 0 amide bonds. The van der Waals surface area contributed by atoms with Gasteiger partial charge in [0.2, 0.25) is 10.1 Å². The van der Waals surface area contributed by atoms with Gasteiger partial charge in [-0.3, -0.25) is 0 Å². The number of alkyl halides is 3. The van der Waals surface area contributed by atoms with Gasteiger partial charge in [0.15, 0.2) is 5.79 Å². The summed E-state index contributed by atoms with van der Waals surface area (Å²) in [6.45, 7) is 4.28. The molecule has 1 aliphatic rings. The molecule has 1 unspecified atom stereocenters. The predicted octanol–water partition coefficient (Wildman–Crippen LogP) is 2.12. The van der Waals surface area contributed by atoms with Gasteiger partial charge >= 0.3 is 6.18 Å². The molecular weight excluding hydrogens is 271 g/mol. The molecule has 9 heteroatoms. The van der Waals surface area contributed by atoms with E-state index >= 15 is 0 Å². The number of ether oxygens (including phenoxy) is 2. The van der Waals surface area contributed by atoms with E-state index in [1.54, 1.807) is 13.8 Å². The van der Waals surface area contributed by atoms with Crippen molar-refractivity contribution in [3.8, 4) is 0 Å². The molecule has 0 bridgehead atoms. The number of nitrogens with one attached hydrogen (secondary N) is 1. The fraction of sp³-hybridized carbons (Fsp3) is 0.778. The summed E-state index contributed by atoms with van der Waals surface area (Å²) in [7, 11) is 0. The molecule has 1 N–H and O–H groups in total. The van der Waals surface area contributed by atoms with Crippen LogP contribution in [0.3, 0.4) is 0 Å². The summed E-state index contributed by atoms with van der Waals surface area (Å²) in [5.74, 6) is -0.648. The highest BCUT2D eigenvalue weighted by Gasteiger charge is 2.36. The Kier molecular flexibility index (Phi) is 3.47. The van der Waals surface area contributed by atoms with E-state index in [-0.39, 0.29) is 11.2 Å². The molecule has 0 radical (unpaired) electrons. The molecule has 1 saturated heterocycles. The highest BCUT2D eigenvalue weighted by Crippen LogP contribution is 2.33. The Balaban J connectivity index is 1.86. The molecule has 0 saturated carbocycles. The van der Waals surface area contributed by atoms with Crippen molar-refractivity contribution in [2.75, 3.05) is 18.5 Å². The van der Waals surface area contributed by atoms with Crippen molar-refractivity contribution in [2.24, 2.45) is 0 Å². The summed E-state index contributed by atoms with van der Waals surface area (Å²) in [5, 5.41) is 8.40. The van der Waals surface area contributed by atoms with Crippen molar-refractivity contribution >= 4 is 16.5 Å². The second kappa shape index (κ2) is 4.63. The first kappa shape index (κ1) is 13.5. The maximum Gasteiger partial charge on any atom is 0.445 e. The zero-order chi connectivity index (χ0) is 13.4. The Labute approximate surface area is 105 Å². The monoisotopic (exact) mass is 283 g/mol. The van der Waals surface area contributed by atoms with Crippen LogP contribution in [0.5, 0.6) is 0 Å². The third-order valence-corrected chi connectivity index (χ3v) is 3.14. The average Bonchev–Trinajstić information content (AvgIpc) is 2.80. The predicted molar refractivity (Wildman–Crippen MR) is 58.3 cm³/mol. The second-order valence-corrected chi connectivity index (χ2v) is 5.22. The molecule has 1 aliphatic heterocycles. The Morgan fingerprint density at radius 1 is 1.44 bits per heavy atom. The third-order valence-electron chi connectivity index (χ3n) is 2.22. The smallest absolute Gasteiger partial charge is 0.357 e. The van der Waals surface area contributed by atoms with Crippen molar-refractivity contribution in [3.63, 3.8) is 0 Å². The van der Waals surface area contributed by atoms with Crippen molar-refractivity contribution < 1.29 is 22.6 Å². The largest absolute Gasteiger partial charge is 0.445 e. The van der Waals surface area contributed by atoms with Crippen molar-refractivity contribution in [3.05, 3.63) is 5.01 Å². The fourth-order valence-corrected chi connectivity index (χ4v) is 2.09. The molecule has 18 heavy (non-hydrogen) atoms. The van der Waals surface area contributed by atoms with Crippen LogP contribution in [0, 0.1) is 0 Å². The Morgan fingerprint density at radius 3 is 2.67 bits per heavy atom. The maximum atomic E-state index is 12.3. The van der Waals surface area contributed by atoms with Gasteiger partial charge in [0, 0.05) is 6.54 Å². The Bertz CT molecular complexity index is 421. The van der Waals surface area contributed by atoms with E-state index < -0.39 is 17.0 Å². The van der Waals surface area contributed by atoms with Gasteiger partial charge in [-0.25, -0.2) is 0 Å². The lowest BCUT2D eigenvalue weighted by Crippen LogP contribution is -2.25. The van der Waals surface area contributed by atoms with Crippen LogP contribution >= 0.6 is 11.3 Å². The first-order valence-electron chi connectivity index (χ1n) is 5.23. The highest BCUT2D eigenvalue weighted by molar-refractivity contribution is 7.15. The SMILES string of the molecule is CC1(C)OCC(CNc2nnc(C(F)(F)F)s2)O1. The lowest BCUT2D eigenvalue weighted by atomic mass is 10.4. The lowest BCUT2D eigenvalue weighted by Gasteiger charge is -2.16. The minimum atomic E-state index is -4.45. The number of nitrogens with zero attached hydrogens (tertiary/aromatic N) is 2. The van der Waals surface area contributed by atoms with Crippen LogP contribution < -0.4 is 5.32 Å². The Morgan fingerprint density at radius 2 is 2.17 bits per heavy atom. The lowest BCUT2D eigenvalue weighted by molar-refractivity contribution is -0.138. The fourth-order valence-electron chi connectivity index (χ4n) is 1.47. The average molecular weight is 283 g/mol. The normalized spacial score (nSPS) is 23.3. The number of anilines is 1. The van der Waals surface area contributed by atoms with Crippen LogP contribution in [0.1, 0.15) is 18.9 Å². The van der Waals surface area contributed by atoms with Gasteiger partial charge in [-0.1, -0.05) is 11.3 Å². The van der Waals surface area contributed by atoms with Gasteiger partial charge in [0.1, 0.15) is 6.10 Å². The summed E-state index contributed by atoms with van der Waals surface area (Å²) in [6, 6.07) is 0. The molecule has 1 atom stereocenters. The van der Waals surface area contributed by atoms with E-state index in [1.165, 1.54) is 0 Å². The molecule has 102 valence electrons. The first-order chi connectivity index (χ1) is 8.26. The van der Waals surface area contributed by atoms with Gasteiger partial charge < -0.3 is 14.8 Å². The summed E-state index contributed by atoms with van der Waals surface area (Å²) in [5.41, 5.74) is 0. The minimum Gasteiger partial charge on any atom is -0.357 e. The summed E-state index contributed by atoms with van der Waals surface area (Å²) in [6.07, 6.45) is -4.66. The van der Waals surface area contributed by atoms with E-state index in [4.69, 9.17) is 9.47 Å². The summed E-state index contributed by atoms with van der Waals surface area (Å²) in [4.78, 5) is 0. The third kappa shape index (κ3) is 3.30. The first-order valence-corrected chi connectivity index (χ1v) is 6.04. The quantitative estimate of drug-likeness (QED) is 0.921. The van der Waals surface area contributed by atoms with Crippen LogP contribution in [-0.4, -0.2) is 35.2 Å². The van der Waals surface area contributed by atoms with Crippen LogP contribution in [0.2, 0.25) is 0 Å². The van der Waals surface area contributed by atoms with Crippen LogP contribution in [-0.2, 0) is 15.7 Å². The molecule has 1 fully saturated rings. The van der Waals surface area contributed by atoms with Crippen LogP contribution in [0.25, 0.3) is 0 Å². The number of hydrogen-bond acceptors (Lipinski definition) is 6. The number of halogens is 3. The molecule has 5 nitrogen and oxygen atoms in total. The zero-order valence-corrected chi connectivity index (χ0v) is 10.6. The van der Waals surface area contributed by atoms with E-state index in [2.05, 4.69) is 15.5 Å². The second-order valence-electron chi connectivity index (χ2n) is 4.24. The van der Waals surface area contributed by atoms with Crippen LogP contribution in [0.4, 0.5) is 18.3 Å². The van der Waals surface area contributed by atoms with Gasteiger partial charge in [-0.2, -0.15) is 13.2 Å². The van der Waals surface area contributed by atoms with E-state index in [1.807, 2.05) is 0 Å². The molecular formula is C9H12F3N3O2S. The topological polar surface area (TPSA) is 56.3 Å².